The summed E-state index contributed by atoms with van der Waals surface area (Å²) in [7, 11) is 1.33. The molecule has 11 heavy (non-hydrogen) atoms. The lowest BCUT2D eigenvalue weighted by Crippen LogP contribution is -2.33. The molecule has 1 rings (SSSR count). The third-order valence-corrected chi connectivity index (χ3v) is 1.83. The largest absolute Gasteiger partial charge is 0.468 e. The second-order valence-corrected chi connectivity index (χ2v) is 2.75. The van der Waals surface area contributed by atoms with E-state index in [1.807, 2.05) is 6.92 Å². The van der Waals surface area contributed by atoms with Crippen molar-refractivity contribution in [2.75, 3.05) is 7.11 Å². The van der Waals surface area contributed by atoms with Gasteiger partial charge < -0.3 is 15.2 Å². The lowest BCUT2D eigenvalue weighted by molar-refractivity contribution is -0.142. The molecule has 4 heteroatoms. The zero-order chi connectivity index (χ0) is 8.43. The lowest BCUT2D eigenvalue weighted by atomic mass is 10.1. The molecule has 0 bridgehead atoms. The van der Waals surface area contributed by atoms with Crippen LogP contribution in [0.3, 0.4) is 0 Å². The molecular weight excluding hydrogens is 146 g/mol. The van der Waals surface area contributed by atoms with Crippen molar-refractivity contribution in [2.45, 2.75) is 31.6 Å². The number of nitrogens with two attached hydrogens (primary N) is 1. The van der Waals surface area contributed by atoms with E-state index in [4.69, 9.17) is 10.5 Å². The van der Waals surface area contributed by atoms with E-state index < -0.39 is 6.04 Å². The number of esters is 1. The molecule has 0 aliphatic carbocycles. The molecule has 0 unspecified atom stereocenters. The molecule has 0 aromatic rings. The van der Waals surface area contributed by atoms with Gasteiger partial charge in [0.25, 0.3) is 0 Å². The van der Waals surface area contributed by atoms with E-state index in [1.54, 1.807) is 0 Å². The van der Waals surface area contributed by atoms with Crippen LogP contribution in [-0.4, -0.2) is 31.3 Å². The number of carbonyl (C=O) groups is 1. The van der Waals surface area contributed by atoms with Crippen LogP contribution < -0.4 is 5.73 Å². The lowest BCUT2D eigenvalue weighted by Gasteiger charge is -2.05. The summed E-state index contributed by atoms with van der Waals surface area (Å²) in [6.07, 6.45) is 0.975. The van der Waals surface area contributed by atoms with Gasteiger partial charge in [0.15, 0.2) is 0 Å². The first-order valence-electron chi connectivity index (χ1n) is 3.64. The first kappa shape index (κ1) is 8.49. The standard InChI is InChI=1S/C7H13NO3/c1-4-6(11-4)3-5(8)7(9)10-2/h4-6H,3,8H2,1-2H3/t4-,5-,6-/m0/s1. The SMILES string of the molecule is COC(=O)[C@@H](N)C[C@@H]1O[C@H]1C. The minimum atomic E-state index is -0.532. The summed E-state index contributed by atoms with van der Waals surface area (Å²) >= 11 is 0. The first-order valence-corrected chi connectivity index (χ1v) is 3.64. The van der Waals surface area contributed by atoms with Gasteiger partial charge in [-0.15, -0.1) is 0 Å². The summed E-state index contributed by atoms with van der Waals surface area (Å²) in [5.74, 6) is -0.368. The maximum Gasteiger partial charge on any atom is 0.322 e. The highest BCUT2D eigenvalue weighted by Crippen LogP contribution is 2.25. The molecule has 1 heterocycles. The van der Waals surface area contributed by atoms with Gasteiger partial charge in [0.1, 0.15) is 6.04 Å². The summed E-state index contributed by atoms with van der Waals surface area (Å²) in [6, 6.07) is -0.532. The Morgan fingerprint density at radius 2 is 2.36 bits per heavy atom. The van der Waals surface area contributed by atoms with Gasteiger partial charge in [-0.1, -0.05) is 0 Å². The van der Waals surface area contributed by atoms with Gasteiger partial charge in [0.05, 0.1) is 19.3 Å². The first-order chi connectivity index (χ1) is 5.15. The number of hydrogen-bond donors (Lipinski definition) is 1. The van der Waals surface area contributed by atoms with Crippen LogP contribution in [-0.2, 0) is 14.3 Å². The van der Waals surface area contributed by atoms with Crippen LogP contribution >= 0.6 is 0 Å². The molecule has 1 aliphatic rings. The van der Waals surface area contributed by atoms with Crippen molar-refractivity contribution in [3.63, 3.8) is 0 Å². The van der Waals surface area contributed by atoms with Crippen LogP contribution in [0.25, 0.3) is 0 Å². The smallest absolute Gasteiger partial charge is 0.322 e. The molecule has 0 aromatic carbocycles. The zero-order valence-corrected chi connectivity index (χ0v) is 6.74. The Balaban J connectivity index is 2.20. The Kier molecular flexibility index (Phi) is 2.46. The van der Waals surface area contributed by atoms with Gasteiger partial charge in [0, 0.05) is 6.42 Å². The molecule has 0 spiro atoms. The summed E-state index contributed by atoms with van der Waals surface area (Å²) in [4.78, 5) is 10.8. The molecule has 4 nitrogen and oxygen atoms in total. The molecule has 0 radical (unpaired) electrons. The molecule has 64 valence electrons. The molecule has 1 fully saturated rings. The second-order valence-electron chi connectivity index (χ2n) is 2.75. The maximum atomic E-state index is 10.8. The van der Waals surface area contributed by atoms with E-state index in [2.05, 4.69) is 4.74 Å². The summed E-state index contributed by atoms with van der Waals surface area (Å²) in [6.45, 7) is 1.95. The highest BCUT2D eigenvalue weighted by Gasteiger charge is 2.37. The van der Waals surface area contributed by atoms with Gasteiger partial charge in [-0.25, -0.2) is 0 Å². The van der Waals surface area contributed by atoms with E-state index in [1.165, 1.54) is 7.11 Å². The molecule has 2 N–H and O–H groups in total. The quantitative estimate of drug-likeness (QED) is 0.452. The van der Waals surface area contributed by atoms with Crippen molar-refractivity contribution in [1.82, 2.24) is 0 Å². The number of carbonyl (C=O) groups excluding carboxylic acids is 1. The van der Waals surface area contributed by atoms with Crippen molar-refractivity contribution < 1.29 is 14.3 Å². The molecular formula is C7H13NO3. The van der Waals surface area contributed by atoms with E-state index in [-0.39, 0.29) is 18.2 Å². The van der Waals surface area contributed by atoms with Crippen LogP contribution in [0.15, 0.2) is 0 Å². The number of epoxide rings is 1. The van der Waals surface area contributed by atoms with Gasteiger partial charge in [0.2, 0.25) is 0 Å². The Bertz CT molecular complexity index is 160. The van der Waals surface area contributed by atoms with E-state index in [9.17, 15) is 4.79 Å². The molecule has 0 saturated carbocycles. The maximum absolute atomic E-state index is 10.8. The Labute approximate surface area is 65.7 Å². The Hall–Kier alpha value is -0.610. The summed E-state index contributed by atoms with van der Waals surface area (Å²) in [5, 5.41) is 0. The van der Waals surface area contributed by atoms with Crippen molar-refractivity contribution in [2.24, 2.45) is 5.73 Å². The topological polar surface area (TPSA) is 64.8 Å². The van der Waals surface area contributed by atoms with E-state index in [0.717, 1.165) is 0 Å². The third kappa shape index (κ3) is 2.17. The van der Waals surface area contributed by atoms with Crippen LogP contribution in [0.4, 0.5) is 0 Å². The number of methoxy groups -OCH3 is 1. The van der Waals surface area contributed by atoms with E-state index in [0.29, 0.717) is 6.42 Å². The molecule has 1 aliphatic heterocycles. The van der Waals surface area contributed by atoms with Crippen LogP contribution in [0.5, 0.6) is 0 Å². The van der Waals surface area contributed by atoms with Crippen LogP contribution in [0, 0.1) is 0 Å². The third-order valence-electron chi connectivity index (χ3n) is 1.83. The van der Waals surface area contributed by atoms with Crippen molar-refractivity contribution in [1.29, 1.82) is 0 Å². The highest BCUT2D eigenvalue weighted by molar-refractivity contribution is 5.75. The van der Waals surface area contributed by atoms with Gasteiger partial charge >= 0.3 is 5.97 Å². The minimum Gasteiger partial charge on any atom is -0.468 e. The van der Waals surface area contributed by atoms with Gasteiger partial charge in [-0.2, -0.15) is 0 Å². The van der Waals surface area contributed by atoms with E-state index >= 15 is 0 Å². The fourth-order valence-electron chi connectivity index (χ4n) is 0.975. The molecule has 1 saturated heterocycles. The number of ether oxygens (including phenoxy) is 2. The normalized spacial score (nSPS) is 31.2. The van der Waals surface area contributed by atoms with Crippen molar-refractivity contribution in [3.8, 4) is 0 Å². The monoisotopic (exact) mass is 159 g/mol. The average molecular weight is 159 g/mol. The minimum absolute atomic E-state index is 0.157. The fourth-order valence-corrected chi connectivity index (χ4v) is 0.975. The molecule has 0 amide bonds. The number of rotatable bonds is 3. The molecule has 0 aromatic heterocycles. The second kappa shape index (κ2) is 3.19. The van der Waals surface area contributed by atoms with Gasteiger partial charge in [-0.3, -0.25) is 4.79 Å². The van der Waals surface area contributed by atoms with Crippen molar-refractivity contribution >= 4 is 5.97 Å². The van der Waals surface area contributed by atoms with Gasteiger partial charge in [-0.05, 0) is 6.92 Å². The van der Waals surface area contributed by atoms with Crippen molar-refractivity contribution in [3.05, 3.63) is 0 Å². The fraction of sp³-hybridized carbons (Fsp3) is 0.857. The van der Waals surface area contributed by atoms with Crippen LogP contribution in [0.1, 0.15) is 13.3 Å². The summed E-state index contributed by atoms with van der Waals surface area (Å²) < 4.78 is 9.55. The number of hydrogen-bond acceptors (Lipinski definition) is 4. The van der Waals surface area contributed by atoms with Crippen LogP contribution in [0.2, 0.25) is 0 Å². The average Bonchev–Trinajstić information content (AvgIpc) is 2.65. The zero-order valence-electron chi connectivity index (χ0n) is 6.74. The predicted octanol–water partition coefficient (Wildman–Crippen LogP) is -0.336. The highest BCUT2D eigenvalue weighted by atomic mass is 16.6. The Morgan fingerprint density at radius 1 is 1.82 bits per heavy atom. The predicted molar refractivity (Wildman–Crippen MR) is 38.9 cm³/mol. The summed E-state index contributed by atoms with van der Waals surface area (Å²) in [5.41, 5.74) is 5.48. The molecule has 3 atom stereocenters. The Morgan fingerprint density at radius 3 is 2.73 bits per heavy atom.